The van der Waals surface area contributed by atoms with Crippen molar-refractivity contribution in [2.45, 2.75) is 26.8 Å². The van der Waals surface area contributed by atoms with Crippen molar-refractivity contribution in [3.63, 3.8) is 0 Å². The highest BCUT2D eigenvalue weighted by Gasteiger charge is 2.15. The number of thiazole rings is 1. The maximum Gasteiger partial charge on any atom is 0.142 e. The summed E-state index contributed by atoms with van der Waals surface area (Å²) in [4.78, 5) is 5.83. The van der Waals surface area contributed by atoms with Crippen molar-refractivity contribution in [1.82, 2.24) is 4.98 Å². The van der Waals surface area contributed by atoms with Gasteiger partial charge in [-0.05, 0) is 32.9 Å². The van der Waals surface area contributed by atoms with Crippen molar-refractivity contribution in [2.75, 3.05) is 19.5 Å². The topological polar surface area (TPSA) is 43.4 Å². The van der Waals surface area contributed by atoms with Gasteiger partial charge in [0.05, 0.1) is 36.7 Å². The lowest BCUT2D eigenvalue weighted by Crippen LogP contribution is -2.09. The summed E-state index contributed by atoms with van der Waals surface area (Å²) in [6.07, 6.45) is 0. The number of benzene rings is 1. The van der Waals surface area contributed by atoms with Gasteiger partial charge in [0.2, 0.25) is 0 Å². The number of hydrogen-bond acceptors (Lipinski definition) is 5. The standard InChI is InChI=1S/C15H20N2O2S/c1-9(15-10(2)20-11(3)17-15)16-13-8-12(18-4)6-7-14(13)19-5/h6-9,16H,1-5H3. The van der Waals surface area contributed by atoms with Crippen LogP contribution in [0.25, 0.3) is 0 Å². The van der Waals surface area contributed by atoms with Crippen LogP contribution in [0.3, 0.4) is 0 Å². The summed E-state index contributed by atoms with van der Waals surface area (Å²) < 4.78 is 10.6. The summed E-state index contributed by atoms with van der Waals surface area (Å²) in [7, 11) is 3.32. The zero-order valence-corrected chi connectivity index (χ0v) is 13.3. The average molecular weight is 292 g/mol. The number of anilines is 1. The highest BCUT2D eigenvalue weighted by Crippen LogP contribution is 2.33. The quantitative estimate of drug-likeness (QED) is 0.906. The molecule has 1 N–H and O–H groups in total. The smallest absolute Gasteiger partial charge is 0.142 e. The van der Waals surface area contributed by atoms with E-state index in [1.54, 1.807) is 25.6 Å². The molecule has 2 aromatic rings. The third-order valence-electron chi connectivity index (χ3n) is 3.13. The minimum atomic E-state index is 0.112. The lowest BCUT2D eigenvalue weighted by atomic mass is 10.2. The molecule has 108 valence electrons. The molecule has 0 aliphatic rings. The summed E-state index contributed by atoms with van der Waals surface area (Å²) >= 11 is 1.72. The van der Waals surface area contributed by atoms with Crippen LogP contribution in [0.2, 0.25) is 0 Å². The van der Waals surface area contributed by atoms with Gasteiger partial charge in [-0.1, -0.05) is 0 Å². The van der Waals surface area contributed by atoms with Crippen LogP contribution in [0.4, 0.5) is 5.69 Å². The summed E-state index contributed by atoms with van der Waals surface area (Å²) in [6.45, 7) is 6.22. The van der Waals surface area contributed by atoms with Gasteiger partial charge >= 0.3 is 0 Å². The third-order valence-corrected chi connectivity index (χ3v) is 4.03. The molecule has 0 saturated carbocycles. The van der Waals surface area contributed by atoms with Gasteiger partial charge < -0.3 is 14.8 Å². The highest BCUT2D eigenvalue weighted by molar-refractivity contribution is 7.11. The van der Waals surface area contributed by atoms with Crippen LogP contribution < -0.4 is 14.8 Å². The molecule has 1 atom stereocenters. The number of hydrogen-bond donors (Lipinski definition) is 1. The molecule has 1 aromatic heterocycles. The molecule has 1 heterocycles. The van der Waals surface area contributed by atoms with Gasteiger partial charge in [0, 0.05) is 10.9 Å². The Morgan fingerprint density at radius 1 is 1.20 bits per heavy atom. The lowest BCUT2D eigenvalue weighted by Gasteiger charge is -2.17. The molecule has 1 unspecified atom stereocenters. The van der Waals surface area contributed by atoms with Gasteiger partial charge in [0.25, 0.3) is 0 Å². The first-order valence-electron chi connectivity index (χ1n) is 6.47. The Hall–Kier alpha value is -1.75. The first-order chi connectivity index (χ1) is 9.55. The van der Waals surface area contributed by atoms with E-state index in [4.69, 9.17) is 9.47 Å². The maximum absolute atomic E-state index is 5.38. The lowest BCUT2D eigenvalue weighted by molar-refractivity contribution is 0.404. The van der Waals surface area contributed by atoms with E-state index in [2.05, 4.69) is 24.1 Å². The van der Waals surface area contributed by atoms with Crippen LogP contribution in [0.1, 0.15) is 28.5 Å². The van der Waals surface area contributed by atoms with Gasteiger partial charge in [-0.15, -0.1) is 11.3 Å². The fourth-order valence-electron chi connectivity index (χ4n) is 2.18. The number of methoxy groups -OCH3 is 2. The van der Waals surface area contributed by atoms with Gasteiger partial charge in [-0.25, -0.2) is 4.98 Å². The van der Waals surface area contributed by atoms with Crippen LogP contribution in [0.5, 0.6) is 11.5 Å². The van der Waals surface area contributed by atoms with E-state index in [9.17, 15) is 0 Å². The summed E-state index contributed by atoms with van der Waals surface area (Å²) in [5.74, 6) is 1.59. The van der Waals surface area contributed by atoms with E-state index >= 15 is 0 Å². The number of nitrogens with one attached hydrogen (secondary N) is 1. The van der Waals surface area contributed by atoms with E-state index in [1.807, 2.05) is 25.1 Å². The molecule has 0 amide bonds. The molecule has 0 radical (unpaired) electrons. The van der Waals surface area contributed by atoms with E-state index in [-0.39, 0.29) is 6.04 Å². The number of nitrogens with zero attached hydrogens (tertiary/aromatic N) is 1. The fraction of sp³-hybridized carbons (Fsp3) is 0.400. The van der Waals surface area contributed by atoms with Crippen LogP contribution in [0, 0.1) is 13.8 Å². The molecule has 0 aliphatic heterocycles. The van der Waals surface area contributed by atoms with Crippen molar-refractivity contribution in [1.29, 1.82) is 0 Å². The number of ether oxygens (including phenoxy) is 2. The molecule has 2 rings (SSSR count). The zero-order chi connectivity index (χ0) is 14.7. The molecule has 4 nitrogen and oxygen atoms in total. The summed E-state index contributed by atoms with van der Waals surface area (Å²) in [5, 5.41) is 4.53. The Labute approximate surface area is 123 Å². The van der Waals surface area contributed by atoms with Crippen LogP contribution in [-0.2, 0) is 0 Å². The van der Waals surface area contributed by atoms with Gasteiger partial charge in [0.15, 0.2) is 0 Å². The first-order valence-corrected chi connectivity index (χ1v) is 7.29. The molecular weight excluding hydrogens is 272 g/mol. The van der Waals surface area contributed by atoms with Crippen molar-refractivity contribution in [3.05, 3.63) is 33.8 Å². The predicted molar refractivity (Wildman–Crippen MR) is 83.2 cm³/mol. The van der Waals surface area contributed by atoms with Gasteiger partial charge in [-0.3, -0.25) is 0 Å². The van der Waals surface area contributed by atoms with Crippen molar-refractivity contribution < 1.29 is 9.47 Å². The second-order valence-electron chi connectivity index (χ2n) is 4.61. The number of aryl methyl sites for hydroxylation is 2. The molecular formula is C15H20N2O2S. The molecule has 0 bridgehead atoms. The minimum Gasteiger partial charge on any atom is -0.497 e. The number of rotatable bonds is 5. The minimum absolute atomic E-state index is 0.112. The number of aromatic nitrogens is 1. The van der Waals surface area contributed by atoms with E-state index in [0.717, 1.165) is 27.9 Å². The van der Waals surface area contributed by atoms with Gasteiger partial charge in [-0.2, -0.15) is 0 Å². The Balaban J connectivity index is 2.26. The average Bonchev–Trinajstić information content (AvgIpc) is 2.77. The van der Waals surface area contributed by atoms with Crippen LogP contribution in [-0.4, -0.2) is 19.2 Å². The van der Waals surface area contributed by atoms with E-state index < -0.39 is 0 Å². The second-order valence-corrected chi connectivity index (χ2v) is 6.01. The van der Waals surface area contributed by atoms with E-state index in [0.29, 0.717) is 0 Å². The Morgan fingerprint density at radius 3 is 2.50 bits per heavy atom. The predicted octanol–water partition coefficient (Wildman–Crippen LogP) is 3.95. The second kappa shape index (κ2) is 6.13. The van der Waals surface area contributed by atoms with Crippen molar-refractivity contribution in [3.8, 4) is 11.5 Å². The third kappa shape index (κ3) is 3.04. The monoisotopic (exact) mass is 292 g/mol. The first kappa shape index (κ1) is 14.7. The Kier molecular flexibility index (Phi) is 4.49. The molecule has 5 heteroatoms. The van der Waals surface area contributed by atoms with Crippen LogP contribution in [0.15, 0.2) is 18.2 Å². The Bertz CT molecular complexity index is 596. The van der Waals surface area contributed by atoms with Crippen LogP contribution >= 0.6 is 11.3 Å². The molecule has 1 aromatic carbocycles. The van der Waals surface area contributed by atoms with Crippen molar-refractivity contribution in [2.24, 2.45) is 0 Å². The zero-order valence-electron chi connectivity index (χ0n) is 12.5. The summed E-state index contributed by atoms with van der Waals surface area (Å²) in [6, 6.07) is 5.82. The molecule has 0 fully saturated rings. The van der Waals surface area contributed by atoms with Crippen molar-refractivity contribution >= 4 is 17.0 Å². The molecule has 0 aliphatic carbocycles. The molecule has 20 heavy (non-hydrogen) atoms. The highest BCUT2D eigenvalue weighted by atomic mass is 32.1. The maximum atomic E-state index is 5.38. The summed E-state index contributed by atoms with van der Waals surface area (Å²) in [5.41, 5.74) is 1.99. The molecule has 0 saturated heterocycles. The van der Waals surface area contributed by atoms with Gasteiger partial charge in [0.1, 0.15) is 11.5 Å². The van der Waals surface area contributed by atoms with E-state index in [1.165, 1.54) is 4.88 Å². The molecule has 0 spiro atoms. The largest absolute Gasteiger partial charge is 0.497 e. The Morgan fingerprint density at radius 2 is 1.95 bits per heavy atom. The SMILES string of the molecule is COc1ccc(OC)c(NC(C)c2nc(C)sc2C)c1. The normalized spacial score (nSPS) is 12.1. The fourth-order valence-corrected chi connectivity index (χ4v) is 3.09.